The predicted molar refractivity (Wildman–Crippen MR) is 102 cm³/mol. The lowest BCUT2D eigenvalue weighted by Crippen LogP contribution is -2.39. The molecule has 0 spiro atoms. The van der Waals surface area contributed by atoms with Crippen LogP contribution in [0.15, 0.2) is 29.4 Å². The van der Waals surface area contributed by atoms with Crippen LogP contribution in [0.3, 0.4) is 0 Å². The molecule has 0 saturated heterocycles. The first-order valence-corrected chi connectivity index (χ1v) is 10.1. The van der Waals surface area contributed by atoms with Crippen LogP contribution in [0, 0.1) is 0 Å². The van der Waals surface area contributed by atoms with Crippen LogP contribution >= 0.6 is 11.8 Å². The second-order valence-electron chi connectivity index (χ2n) is 6.60. The Morgan fingerprint density at radius 2 is 1.96 bits per heavy atom. The summed E-state index contributed by atoms with van der Waals surface area (Å²) in [6.07, 6.45) is 7.05. The molecule has 0 atom stereocenters. The number of carbonyl (C=O) groups excluding carboxylic acids is 1. The zero-order valence-corrected chi connectivity index (χ0v) is 15.8. The number of aromatic nitrogens is 3. The van der Waals surface area contributed by atoms with E-state index in [4.69, 9.17) is 0 Å². The van der Waals surface area contributed by atoms with E-state index in [9.17, 15) is 4.79 Å². The Morgan fingerprint density at radius 1 is 1.24 bits per heavy atom. The molecule has 0 aliphatic heterocycles. The molecule has 1 amide bonds. The Morgan fingerprint density at radius 3 is 2.64 bits per heavy atom. The fraction of sp³-hybridized carbons (Fsp3) is 0.526. The number of rotatable bonds is 6. The number of amides is 1. The summed E-state index contributed by atoms with van der Waals surface area (Å²) >= 11 is 1.40. The standard InChI is InChI=1S/C19H26N4OS/c1-3-14-9-11-15(12-10-14)18-20-19(22-21-18)25-13-17(24)23(2)16-7-5-4-6-8-16/h9-12,16H,3-8,13H2,1-2H3,(H,20,21,22). The number of benzene rings is 1. The molecule has 0 bridgehead atoms. The zero-order chi connectivity index (χ0) is 17.6. The summed E-state index contributed by atoms with van der Waals surface area (Å²) in [5.74, 6) is 1.30. The minimum atomic E-state index is 0.163. The summed E-state index contributed by atoms with van der Waals surface area (Å²) in [7, 11) is 1.93. The molecule has 5 nitrogen and oxygen atoms in total. The van der Waals surface area contributed by atoms with Gasteiger partial charge in [-0.2, -0.15) is 0 Å². The van der Waals surface area contributed by atoms with E-state index < -0.39 is 0 Å². The van der Waals surface area contributed by atoms with E-state index in [2.05, 4.69) is 46.4 Å². The number of hydrogen-bond donors (Lipinski definition) is 1. The van der Waals surface area contributed by atoms with Gasteiger partial charge in [0, 0.05) is 18.7 Å². The van der Waals surface area contributed by atoms with Crippen molar-refractivity contribution < 1.29 is 4.79 Å². The number of nitrogens with one attached hydrogen (secondary N) is 1. The van der Waals surface area contributed by atoms with E-state index in [-0.39, 0.29) is 5.91 Å². The van der Waals surface area contributed by atoms with Crippen molar-refractivity contribution >= 4 is 17.7 Å². The first kappa shape index (κ1) is 18.0. The number of H-pyrrole nitrogens is 1. The molecule has 1 fully saturated rings. The Labute approximate surface area is 153 Å². The quantitative estimate of drug-likeness (QED) is 0.795. The van der Waals surface area contributed by atoms with E-state index in [1.54, 1.807) is 0 Å². The molecule has 1 saturated carbocycles. The molecule has 134 valence electrons. The van der Waals surface area contributed by atoms with Gasteiger partial charge in [0.2, 0.25) is 11.1 Å². The van der Waals surface area contributed by atoms with Crippen molar-refractivity contribution in [2.75, 3.05) is 12.8 Å². The minimum absolute atomic E-state index is 0.163. The number of aryl methyl sites for hydroxylation is 1. The van der Waals surface area contributed by atoms with E-state index >= 15 is 0 Å². The molecule has 0 unspecified atom stereocenters. The van der Waals surface area contributed by atoms with Gasteiger partial charge in [0.05, 0.1) is 5.75 Å². The largest absolute Gasteiger partial charge is 0.342 e. The molecular formula is C19H26N4OS. The van der Waals surface area contributed by atoms with Crippen LogP contribution in [0.4, 0.5) is 0 Å². The Hall–Kier alpha value is -1.82. The van der Waals surface area contributed by atoms with Gasteiger partial charge in [-0.1, -0.05) is 62.2 Å². The fourth-order valence-corrected chi connectivity index (χ4v) is 3.96. The van der Waals surface area contributed by atoms with Gasteiger partial charge in [-0.25, -0.2) is 4.98 Å². The van der Waals surface area contributed by atoms with Crippen molar-refractivity contribution in [3.63, 3.8) is 0 Å². The second-order valence-corrected chi connectivity index (χ2v) is 7.54. The maximum Gasteiger partial charge on any atom is 0.233 e. The molecule has 1 N–H and O–H groups in total. The van der Waals surface area contributed by atoms with Gasteiger partial charge in [-0.15, -0.1) is 5.10 Å². The van der Waals surface area contributed by atoms with Crippen LogP contribution in [-0.4, -0.2) is 44.8 Å². The van der Waals surface area contributed by atoms with Crippen LogP contribution in [0.1, 0.15) is 44.6 Å². The molecular weight excluding hydrogens is 332 g/mol. The summed E-state index contributed by atoms with van der Waals surface area (Å²) in [6, 6.07) is 8.72. The van der Waals surface area contributed by atoms with Gasteiger partial charge < -0.3 is 4.90 Å². The van der Waals surface area contributed by atoms with Crippen LogP contribution in [0.5, 0.6) is 0 Å². The highest BCUT2D eigenvalue weighted by Crippen LogP contribution is 2.24. The van der Waals surface area contributed by atoms with Gasteiger partial charge in [0.1, 0.15) is 0 Å². The highest BCUT2D eigenvalue weighted by Gasteiger charge is 2.22. The van der Waals surface area contributed by atoms with Gasteiger partial charge in [-0.3, -0.25) is 9.89 Å². The van der Waals surface area contributed by atoms with Crippen LogP contribution in [0.2, 0.25) is 0 Å². The van der Waals surface area contributed by atoms with Gasteiger partial charge in [-0.05, 0) is 24.8 Å². The lowest BCUT2D eigenvalue weighted by Gasteiger charge is -2.31. The van der Waals surface area contributed by atoms with E-state index in [1.165, 1.54) is 36.6 Å². The zero-order valence-electron chi connectivity index (χ0n) is 15.0. The average molecular weight is 359 g/mol. The van der Waals surface area contributed by atoms with Crippen LogP contribution in [-0.2, 0) is 11.2 Å². The number of nitrogens with zero attached hydrogens (tertiary/aromatic N) is 3. The first-order valence-electron chi connectivity index (χ1n) is 9.07. The van der Waals surface area contributed by atoms with Gasteiger partial charge in [0.25, 0.3) is 0 Å². The number of thioether (sulfide) groups is 1. The third-order valence-electron chi connectivity index (χ3n) is 4.94. The van der Waals surface area contributed by atoms with Crippen molar-refractivity contribution in [1.29, 1.82) is 0 Å². The average Bonchev–Trinajstić information content (AvgIpc) is 3.15. The van der Waals surface area contributed by atoms with Crippen LogP contribution in [0.25, 0.3) is 11.4 Å². The minimum Gasteiger partial charge on any atom is -0.342 e. The Kier molecular flexibility index (Phi) is 6.13. The van der Waals surface area contributed by atoms with Crippen molar-refractivity contribution in [2.45, 2.75) is 56.6 Å². The van der Waals surface area contributed by atoms with E-state index in [0.29, 0.717) is 17.0 Å². The number of aromatic amines is 1. The SMILES string of the molecule is CCc1ccc(-c2nc(SCC(=O)N(C)C3CCCCC3)n[nH]2)cc1. The molecule has 25 heavy (non-hydrogen) atoms. The first-order chi connectivity index (χ1) is 12.2. The fourth-order valence-electron chi connectivity index (χ4n) is 3.24. The van der Waals surface area contributed by atoms with E-state index in [0.717, 1.165) is 30.7 Å². The molecule has 2 aromatic rings. The highest BCUT2D eigenvalue weighted by atomic mass is 32.2. The second kappa shape index (κ2) is 8.52. The third kappa shape index (κ3) is 4.63. The van der Waals surface area contributed by atoms with Crippen molar-refractivity contribution in [2.24, 2.45) is 0 Å². The highest BCUT2D eigenvalue weighted by molar-refractivity contribution is 7.99. The number of carbonyl (C=O) groups is 1. The molecule has 1 aliphatic rings. The van der Waals surface area contributed by atoms with Gasteiger partial charge >= 0.3 is 0 Å². The number of hydrogen-bond acceptors (Lipinski definition) is 4. The molecule has 1 aromatic heterocycles. The molecule has 0 radical (unpaired) electrons. The molecule has 1 aliphatic carbocycles. The molecule has 6 heteroatoms. The lowest BCUT2D eigenvalue weighted by molar-refractivity contribution is -0.129. The predicted octanol–water partition coefficient (Wildman–Crippen LogP) is 3.92. The third-order valence-corrected chi connectivity index (χ3v) is 5.77. The molecule has 1 heterocycles. The van der Waals surface area contributed by atoms with Crippen molar-refractivity contribution in [3.8, 4) is 11.4 Å². The maximum atomic E-state index is 12.4. The maximum absolute atomic E-state index is 12.4. The summed E-state index contributed by atoms with van der Waals surface area (Å²) in [5.41, 5.74) is 2.32. The smallest absolute Gasteiger partial charge is 0.233 e. The van der Waals surface area contributed by atoms with Crippen LogP contribution < -0.4 is 0 Å². The summed E-state index contributed by atoms with van der Waals surface area (Å²) in [6.45, 7) is 2.14. The molecule has 1 aromatic carbocycles. The van der Waals surface area contributed by atoms with Crippen molar-refractivity contribution in [3.05, 3.63) is 29.8 Å². The van der Waals surface area contributed by atoms with Crippen molar-refractivity contribution in [1.82, 2.24) is 20.1 Å². The summed E-state index contributed by atoms with van der Waals surface area (Å²) in [4.78, 5) is 18.8. The van der Waals surface area contributed by atoms with Gasteiger partial charge in [0.15, 0.2) is 5.82 Å². The Balaban J connectivity index is 1.54. The van der Waals surface area contributed by atoms with E-state index in [1.807, 2.05) is 11.9 Å². The Bertz CT molecular complexity index is 692. The summed E-state index contributed by atoms with van der Waals surface area (Å²) in [5, 5.41) is 7.83. The normalized spacial score (nSPS) is 15.3. The topological polar surface area (TPSA) is 61.9 Å². The monoisotopic (exact) mass is 358 g/mol. The lowest BCUT2D eigenvalue weighted by atomic mass is 9.94. The molecule has 3 rings (SSSR count). The summed E-state index contributed by atoms with van der Waals surface area (Å²) < 4.78 is 0.